The Morgan fingerprint density at radius 2 is 2.00 bits per heavy atom. The van der Waals surface area contributed by atoms with E-state index in [0.717, 1.165) is 22.3 Å². The molecule has 44 heavy (non-hydrogen) atoms. The van der Waals surface area contributed by atoms with E-state index in [1.165, 1.54) is 18.2 Å². The Bertz CT molecular complexity index is 1570. The molecule has 1 N–H and O–H groups in total. The van der Waals surface area contributed by atoms with Gasteiger partial charge in [0, 0.05) is 19.6 Å². The molecule has 1 saturated heterocycles. The summed E-state index contributed by atoms with van der Waals surface area (Å²) in [5.41, 5.74) is 3.79. The van der Waals surface area contributed by atoms with E-state index < -0.39 is 11.9 Å². The second-order valence-corrected chi connectivity index (χ2v) is 12.2. The standard InChI is InChI=1S/C31H34F3N5O5/c1-18-36-29(44-37-18)25-12-24(25)28(41)35-13-20-7-8-22(19-5-4-6-21(11-19)43-31(32,33)34)23-9-10-38(14-26(20)23)15-27(40)39-17-42-16-30(39,2)3/h4-8,11,24-25H,9-10,12-17H2,1-3H3,(H,35,41)/t24-,25-/m1/s1. The number of carbonyl (C=O) groups excluding carboxylic acids is 2. The van der Waals surface area contributed by atoms with Crippen molar-refractivity contribution in [2.45, 2.75) is 64.5 Å². The highest BCUT2D eigenvalue weighted by atomic mass is 19.4. The molecule has 3 aliphatic rings. The lowest BCUT2D eigenvalue weighted by atomic mass is 9.87. The third-order valence-corrected chi connectivity index (χ3v) is 8.47. The van der Waals surface area contributed by atoms with Crippen molar-refractivity contribution in [2.75, 3.05) is 26.4 Å². The molecule has 0 bridgehead atoms. The Morgan fingerprint density at radius 3 is 2.70 bits per heavy atom. The second kappa shape index (κ2) is 11.5. The molecule has 6 rings (SSSR count). The van der Waals surface area contributed by atoms with Gasteiger partial charge in [-0.15, -0.1) is 13.2 Å². The number of hydrogen-bond acceptors (Lipinski definition) is 8. The summed E-state index contributed by atoms with van der Waals surface area (Å²) in [4.78, 5) is 34.3. The zero-order valence-electron chi connectivity index (χ0n) is 24.7. The van der Waals surface area contributed by atoms with E-state index >= 15 is 0 Å². The van der Waals surface area contributed by atoms with Crippen LogP contribution in [-0.2, 0) is 33.8 Å². The molecular formula is C31H34F3N5O5. The maximum Gasteiger partial charge on any atom is 0.573 e. The van der Waals surface area contributed by atoms with Gasteiger partial charge in [-0.1, -0.05) is 29.4 Å². The lowest BCUT2D eigenvalue weighted by Gasteiger charge is -2.35. The van der Waals surface area contributed by atoms with Crippen molar-refractivity contribution in [1.82, 2.24) is 25.3 Å². The molecule has 1 aliphatic carbocycles. The van der Waals surface area contributed by atoms with Crippen molar-refractivity contribution in [3.05, 3.63) is 64.8 Å². The maximum atomic E-state index is 13.2. The number of fused-ring (bicyclic) bond motifs is 1. The Kier molecular flexibility index (Phi) is 7.87. The Labute approximate surface area is 252 Å². The first-order valence-corrected chi connectivity index (χ1v) is 14.6. The van der Waals surface area contributed by atoms with Crippen LogP contribution in [0.4, 0.5) is 13.2 Å². The van der Waals surface area contributed by atoms with E-state index in [2.05, 4.69) is 25.1 Å². The van der Waals surface area contributed by atoms with Gasteiger partial charge < -0.3 is 24.2 Å². The van der Waals surface area contributed by atoms with E-state index in [-0.39, 0.29) is 49.2 Å². The summed E-state index contributed by atoms with van der Waals surface area (Å²) in [5, 5.41) is 6.85. The molecule has 0 unspecified atom stereocenters. The molecule has 3 aromatic rings. The molecule has 1 saturated carbocycles. The van der Waals surface area contributed by atoms with Gasteiger partial charge in [-0.05, 0) is 73.6 Å². The van der Waals surface area contributed by atoms with Gasteiger partial charge in [-0.25, -0.2) is 0 Å². The first kappa shape index (κ1) is 30.1. The Balaban J connectivity index is 1.23. The molecule has 3 heterocycles. The highest BCUT2D eigenvalue weighted by molar-refractivity contribution is 5.83. The maximum absolute atomic E-state index is 13.2. The lowest BCUT2D eigenvalue weighted by Crippen LogP contribution is -2.49. The molecule has 2 fully saturated rings. The fraction of sp³-hybridized carbons (Fsp3) is 0.484. The summed E-state index contributed by atoms with van der Waals surface area (Å²) in [6.07, 6.45) is -3.59. The first-order chi connectivity index (χ1) is 20.9. The van der Waals surface area contributed by atoms with Gasteiger partial charge in [-0.2, -0.15) is 4.98 Å². The molecule has 10 nitrogen and oxygen atoms in total. The van der Waals surface area contributed by atoms with Crippen LogP contribution in [0.3, 0.4) is 0 Å². The monoisotopic (exact) mass is 613 g/mol. The number of hydrogen-bond donors (Lipinski definition) is 1. The molecule has 13 heteroatoms. The van der Waals surface area contributed by atoms with E-state index in [1.807, 2.05) is 26.0 Å². The molecule has 234 valence electrons. The SMILES string of the molecule is Cc1noc([C@@H]2C[C@H]2C(=O)NCc2ccc(-c3cccc(OC(F)(F)F)c3)c3c2CN(CC(=O)N2COCC2(C)C)CC3)n1. The smallest absolute Gasteiger partial charge is 0.406 e. The number of aromatic nitrogens is 2. The van der Waals surface area contributed by atoms with Crippen LogP contribution in [0.5, 0.6) is 5.75 Å². The van der Waals surface area contributed by atoms with Crippen molar-refractivity contribution in [3.8, 4) is 16.9 Å². The van der Waals surface area contributed by atoms with Crippen molar-refractivity contribution in [2.24, 2.45) is 5.92 Å². The predicted octanol–water partition coefficient (Wildman–Crippen LogP) is 4.32. The fourth-order valence-corrected chi connectivity index (χ4v) is 6.09. The Morgan fingerprint density at radius 1 is 1.18 bits per heavy atom. The van der Waals surface area contributed by atoms with Crippen LogP contribution >= 0.6 is 0 Å². The minimum absolute atomic E-state index is 0.0324. The number of rotatable bonds is 8. The summed E-state index contributed by atoms with van der Waals surface area (Å²) in [6.45, 7) is 7.88. The van der Waals surface area contributed by atoms with Gasteiger partial charge in [0.05, 0.1) is 30.5 Å². The molecule has 2 amide bonds. The van der Waals surface area contributed by atoms with Crippen LogP contribution in [0.2, 0.25) is 0 Å². The summed E-state index contributed by atoms with van der Waals surface area (Å²) in [6, 6.07) is 9.69. The first-order valence-electron chi connectivity index (χ1n) is 14.6. The summed E-state index contributed by atoms with van der Waals surface area (Å²) in [5.74, 6) is 0.203. The summed E-state index contributed by atoms with van der Waals surface area (Å²) >= 11 is 0. The number of aryl methyl sites for hydroxylation is 1. The molecule has 1 aromatic heterocycles. The van der Waals surface area contributed by atoms with E-state index in [0.29, 0.717) is 49.8 Å². The van der Waals surface area contributed by atoms with E-state index in [9.17, 15) is 22.8 Å². The second-order valence-electron chi connectivity index (χ2n) is 12.2. The summed E-state index contributed by atoms with van der Waals surface area (Å²) in [7, 11) is 0. The minimum Gasteiger partial charge on any atom is -0.406 e. The van der Waals surface area contributed by atoms with Crippen LogP contribution < -0.4 is 10.1 Å². The van der Waals surface area contributed by atoms with Gasteiger partial charge in [0.25, 0.3) is 0 Å². The average Bonchev–Trinajstić information content (AvgIpc) is 3.51. The predicted molar refractivity (Wildman–Crippen MR) is 151 cm³/mol. The van der Waals surface area contributed by atoms with E-state index in [1.54, 1.807) is 17.9 Å². The highest BCUT2D eigenvalue weighted by Crippen LogP contribution is 2.47. The average molecular weight is 614 g/mol. The van der Waals surface area contributed by atoms with Gasteiger partial charge in [-0.3, -0.25) is 14.5 Å². The minimum atomic E-state index is -4.80. The number of alkyl halides is 3. The molecular weight excluding hydrogens is 579 g/mol. The van der Waals surface area contributed by atoms with Crippen LogP contribution in [0.1, 0.15) is 54.6 Å². The fourth-order valence-electron chi connectivity index (χ4n) is 6.09. The Hall–Kier alpha value is -3.97. The zero-order chi connectivity index (χ0) is 31.2. The largest absolute Gasteiger partial charge is 0.573 e. The number of carbonyl (C=O) groups is 2. The third-order valence-electron chi connectivity index (χ3n) is 8.47. The van der Waals surface area contributed by atoms with Crippen LogP contribution in [0.15, 0.2) is 40.9 Å². The number of amides is 2. The van der Waals surface area contributed by atoms with Gasteiger partial charge in [0.2, 0.25) is 17.7 Å². The molecule has 2 aliphatic heterocycles. The number of nitrogens with zero attached hydrogens (tertiary/aromatic N) is 4. The normalized spacial score (nSPS) is 21.2. The van der Waals surface area contributed by atoms with Crippen molar-refractivity contribution in [1.29, 1.82) is 0 Å². The van der Waals surface area contributed by atoms with Crippen LogP contribution in [0, 0.1) is 12.8 Å². The third kappa shape index (κ3) is 6.43. The topological polar surface area (TPSA) is 110 Å². The summed E-state index contributed by atoms with van der Waals surface area (Å²) < 4.78 is 53.7. The van der Waals surface area contributed by atoms with E-state index in [4.69, 9.17) is 9.26 Å². The van der Waals surface area contributed by atoms with Crippen LogP contribution in [-0.4, -0.2) is 70.1 Å². The molecule has 2 atom stereocenters. The number of ether oxygens (including phenoxy) is 2. The molecule has 0 spiro atoms. The van der Waals surface area contributed by atoms with Crippen molar-refractivity contribution < 1.29 is 36.8 Å². The van der Waals surface area contributed by atoms with Crippen LogP contribution in [0.25, 0.3) is 11.1 Å². The van der Waals surface area contributed by atoms with Gasteiger partial charge >= 0.3 is 6.36 Å². The zero-order valence-corrected chi connectivity index (χ0v) is 24.7. The number of benzene rings is 2. The molecule has 0 radical (unpaired) electrons. The lowest BCUT2D eigenvalue weighted by molar-refractivity contribution is -0.274. The van der Waals surface area contributed by atoms with Crippen molar-refractivity contribution in [3.63, 3.8) is 0 Å². The van der Waals surface area contributed by atoms with Crippen molar-refractivity contribution >= 4 is 11.8 Å². The number of halogens is 3. The van der Waals surface area contributed by atoms with Gasteiger partial charge in [0.15, 0.2) is 5.82 Å². The quantitative estimate of drug-likeness (QED) is 0.400. The van der Waals surface area contributed by atoms with Gasteiger partial charge in [0.1, 0.15) is 12.5 Å². The number of nitrogens with one attached hydrogen (secondary N) is 1. The molecule has 2 aromatic carbocycles. The highest BCUT2D eigenvalue weighted by Gasteiger charge is 2.47.